The van der Waals surface area contributed by atoms with Crippen LogP contribution in [0.1, 0.15) is 12.8 Å². The molecular weight excluding hydrogens is 312 g/mol. The van der Waals surface area contributed by atoms with E-state index in [2.05, 4.69) is 0 Å². The van der Waals surface area contributed by atoms with E-state index in [4.69, 9.17) is 4.74 Å². The Morgan fingerprint density at radius 1 is 1.40 bits per heavy atom. The van der Waals surface area contributed by atoms with E-state index in [9.17, 15) is 22.0 Å². The lowest BCUT2D eigenvalue weighted by atomic mass is 9.92. The quantitative estimate of drug-likeness (QED) is 0.913. The largest absolute Gasteiger partial charge is 0.381 e. The number of rotatable bonds is 4. The monoisotopic (exact) mass is 325 g/mol. The number of hydrogen-bond donors (Lipinski definition) is 1. The minimum absolute atomic E-state index is 0.0267. The first-order valence-corrected chi connectivity index (χ1v) is 8.31. The van der Waals surface area contributed by atoms with Crippen molar-refractivity contribution >= 4 is 27.3 Å². The molecule has 9 heteroatoms. The predicted molar refractivity (Wildman–Crippen MR) is 68.1 cm³/mol. The van der Waals surface area contributed by atoms with Crippen molar-refractivity contribution in [1.82, 2.24) is 4.72 Å². The van der Waals surface area contributed by atoms with Crippen LogP contribution in [0.5, 0.6) is 0 Å². The molecule has 0 spiro atoms. The molecule has 0 atom stereocenters. The maximum absolute atomic E-state index is 13.9. The molecule has 1 fully saturated rings. The Balaban J connectivity index is 2.11. The molecule has 0 radical (unpaired) electrons. The lowest BCUT2D eigenvalue weighted by Gasteiger charge is -2.28. The highest BCUT2D eigenvalue weighted by Crippen LogP contribution is 2.33. The number of halogens is 2. The van der Waals surface area contributed by atoms with Gasteiger partial charge in [-0.25, -0.2) is 13.1 Å². The number of carbonyl (C=O) groups is 1. The van der Waals surface area contributed by atoms with E-state index in [1.807, 2.05) is 0 Å². The van der Waals surface area contributed by atoms with E-state index in [1.54, 1.807) is 0 Å². The zero-order valence-electron chi connectivity index (χ0n) is 10.3. The molecular formula is C11H13F2NO4S2. The predicted octanol–water partition coefficient (Wildman–Crippen LogP) is 1.61. The van der Waals surface area contributed by atoms with Gasteiger partial charge in [0, 0.05) is 24.5 Å². The van der Waals surface area contributed by atoms with Crippen LogP contribution in [-0.2, 0) is 19.6 Å². The van der Waals surface area contributed by atoms with Gasteiger partial charge in [-0.2, -0.15) is 20.1 Å². The van der Waals surface area contributed by atoms with E-state index < -0.39 is 27.8 Å². The van der Waals surface area contributed by atoms with Crippen molar-refractivity contribution in [2.45, 2.75) is 23.7 Å². The summed E-state index contributed by atoms with van der Waals surface area (Å²) in [7, 11) is -4.24. The fraction of sp³-hybridized carbons (Fsp3) is 0.545. The van der Waals surface area contributed by atoms with E-state index >= 15 is 0 Å². The van der Waals surface area contributed by atoms with Crippen LogP contribution in [0.25, 0.3) is 0 Å². The molecule has 1 aliphatic rings. The van der Waals surface area contributed by atoms with Crippen LogP contribution in [0.15, 0.2) is 21.7 Å². The number of alkyl halides is 2. The van der Waals surface area contributed by atoms with Crippen molar-refractivity contribution in [3.05, 3.63) is 16.8 Å². The Kier molecular flexibility index (Phi) is 4.40. The molecule has 1 aliphatic heterocycles. The highest BCUT2D eigenvalue weighted by Gasteiger charge is 2.48. The lowest BCUT2D eigenvalue weighted by molar-refractivity contribution is -0.157. The fourth-order valence-electron chi connectivity index (χ4n) is 1.90. The Bertz CT molecular complexity index is 565. The van der Waals surface area contributed by atoms with Gasteiger partial charge < -0.3 is 4.74 Å². The molecule has 2 rings (SSSR count). The Morgan fingerprint density at radius 3 is 2.60 bits per heavy atom. The van der Waals surface area contributed by atoms with E-state index in [-0.39, 0.29) is 31.0 Å². The molecule has 112 valence electrons. The standard InChI is InChI=1S/C11H13F2NO4S2/c12-11(13,8-1-4-18-5-2-8)10(15)14-20(16,17)9-3-6-19-7-9/h3,6-8H,1-2,4-5H2,(H,14,15). The highest BCUT2D eigenvalue weighted by molar-refractivity contribution is 7.90. The Hall–Kier alpha value is -1.06. The van der Waals surface area contributed by atoms with Crippen LogP contribution in [-0.4, -0.2) is 33.5 Å². The van der Waals surface area contributed by atoms with Crippen molar-refractivity contribution in [1.29, 1.82) is 0 Å². The molecule has 2 heterocycles. The zero-order valence-corrected chi connectivity index (χ0v) is 12.0. The third kappa shape index (κ3) is 3.15. The second-order valence-corrected chi connectivity index (χ2v) is 6.87. The van der Waals surface area contributed by atoms with Gasteiger partial charge in [-0.1, -0.05) is 0 Å². The van der Waals surface area contributed by atoms with E-state index in [0.717, 1.165) is 11.3 Å². The van der Waals surface area contributed by atoms with Crippen LogP contribution >= 0.6 is 11.3 Å². The maximum atomic E-state index is 13.9. The first-order chi connectivity index (χ1) is 9.34. The molecule has 0 aliphatic carbocycles. The minimum atomic E-state index is -4.24. The van der Waals surface area contributed by atoms with Crippen LogP contribution < -0.4 is 4.72 Å². The number of ether oxygens (including phenoxy) is 1. The van der Waals surface area contributed by atoms with Crippen LogP contribution in [0, 0.1) is 5.92 Å². The number of nitrogens with one attached hydrogen (secondary N) is 1. The fourth-order valence-corrected chi connectivity index (χ4v) is 3.92. The summed E-state index contributed by atoms with van der Waals surface area (Å²) >= 11 is 1.09. The number of sulfonamides is 1. The molecule has 1 amide bonds. The van der Waals surface area contributed by atoms with E-state index in [1.165, 1.54) is 21.5 Å². The molecule has 1 saturated heterocycles. The van der Waals surface area contributed by atoms with Gasteiger partial charge in [0.15, 0.2) is 0 Å². The second-order valence-electron chi connectivity index (χ2n) is 4.40. The smallest absolute Gasteiger partial charge is 0.328 e. The maximum Gasteiger partial charge on any atom is 0.328 e. The molecule has 0 bridgehead atoms. The molecule has 1 aromatic rings. The van der Waals surface area contributed by atoms with Gasteiger partial charge in [0.2, 0.25) is 0 Å². The Labute approximate surface area is 119 Å². The van der Waals surface area contributed by atoms with E-state index in [0.29, 0.717) is 0 Å². The van der Waals surface area contributed by atoms with Gasteiger partial charge >= 0.3 is 11.8 Å². The summed E-state index contributed by atoms with van der Waals surface area (Å²) in [5.74, 6) is -6.71. The third-order valence-electron chi connectivity index (χ3n) is 3.07. The molecule has 0 aromatic carbocycles. The van der Waals surface area contributed by atoms with Crippen molar-refractivity contribution < 1.29 is 26.7 Å². The number of carbonyl (C=O) groups excluding carboxylic acids is 1. The summed E-state index contributed by atoms with van der Waals surface area (Å²) in [5, 5.41) is 2.75. The molecule has 0 saturated carbocycles. The lowest BCUT2D eigenvalue weighted by Crippen LogP contribution is -2.48. The number of amides is 1. The van der Waals surface area contributed by atoms with Crippen molar-refractivity contribution in [3.63, 3.8) is 0 Å². The zero-order chi connectivity index (χ0) is 14.8. The first-order valence-electron chi connectivity index (χ1n) is 5.89. The normalized spacial score (nSPS) is 17.9. The molecule has 1 N–H and O–H groups in total. The van der Waals surface area contributed by atoms with Crippen LogP contribution in [0.4, 0.5) is 8.78 Å². The van der Waals surface area contributed by atoms with Gasteiger partial charge in [0.25, 0.3) is 10.0 Å². The van der Waals surface area contributed by atoms with Crippen molar-refractivity contribution in [2.24, 2.45) is 5.92 Å². The summed E-state index contributed by atoms with van der Waals surface area (Å²) in [6.07, 6.45) is 0.0534. The van der Waals surface area contributed by atoms with Gasteiger partial charge in [-0.15, -0.1) is 0 Å². The van der Waals surface area contributed by atoms with Crippen molar-refractivity contribution in [3.8, 4) is 0 Å². The average Bonchev–Trinajstić information content (AvgIpc) is 2.94. The average molecular weight is 325 g/mol. The summed E-state index contributed by atoms with van der Waals surface area (Å²) < 4.78 is 57.8. The summed E-state index contributed by atoms with van der Waals surface area (Å²) in [6, 6.07) is 1.24. The van der Waals surface area contributed by atoms with Gasteiger partial charge in [-0.05, 0) is 24.3 Å². The topological polar surface area (TPSA) is 72.5 Å². The number of thiophene rings is 1. The van der Waals surface area contributed by atoms with Gasteiger partial charge in [0.1, 0.15) is 0 Å². The number of hydrogen-bond acceptors (Lipinski definition) is 5. The third-order valence-corrected chi connectivity index (χ3v) is 5.23. The summed E-state index contributed by atoms with van der Waals surface area (Å²) in [6.45, 7) is 0.287. The second kappa shape index (κ2) is 5.74. The Morgan fingerprint density at radius 2 is 2.05 bits per heavy atom. The summed E-state index contributed by atoms with van der Waals surface area (Å²) in [4.78, 5) is 11.4. The molecule has 1 aromatic heterocycles. The molecule has 20 heavy (non-hydrogen) atoms. The van der Waals surface area contributed by atoms with Crippen molar-refractivity contribution in [2.75, 3.05) is 13.2 Å². The van der Waals surface area contributed by atoms with Gasteiger partial charge in [-0.3, -0.25) is 4.79 Å². The first kappa shape index (κ1) is 15.3. The molecule has 0 unspecified atom stereocenters. The van der Waals surface area contributed by atoms with Crippen LogP contribution in [0.2, 0.25) is 0 Å². The molecule has 5 nitrogen and oxygen atoms in total. The van der Waals surface area contributed by atoms with Crippen LogP contribution in [0.3, 0.4) is 0 Å². The SMILES string of the molecule is O=C(NS(=O)(=O)c1ccsc1)C(F)(F)C1CCOCC1. The highest BCUT2D eigenvalue weighted by atomic mass is 32.2. The minimum Gasteiger partial charge on any atom is -0.381 e. The summed E-state index contributed by atoms with van der Waals surface area (Å²) in [5.41, 5.74) is 0. The van der Waals surface area contributed by atoms with Gasteiger partial charge in [0.05, 0.1) is 4.90 Å².